The first-order chi connectivity index (χ1) is 9.15. The molecule has 1 heterocycles. The first kappa shape index (κ1) is 12.1. The molecule has 4 nitrogen and oxygen atoms in total. The molecule has 2 aromatic rings. The number of carbonyl (C=O) groups excluding carboxylic acids is 2. The van der Waals surface area contributed by atoms with E-state index in [0.717, 1.165) is 0 Å². The van der Waals surface area contributed by atoms with Crippen molar-refractivity contribution in [1.82, 2.24) is 4.98 Å². The molecule has 1 N–H and O–H groups in total. The van der Waals surface area contributed by atoms with E-state index in [9.17, 15) is 9.59 Å². The number of aromatic nitrogens is 1. The summed E-state index contributed by atoms with van der Waals surface area (Å²) in [5.41, 5.74) is 2.69. The minimum atomic E-state index is -0.257. The number of nitrogens with one attached hydrogen (secondary N) is 1. The van der Waals surface area contributed by atoms with Gasteiger partial charge in [0.1, 0.15) is 10.6 Å². The smallest absolute Gasteiger partial charge is 0.221 e. The van der Waals surface area contributed by atoms with Gasteiger partial charge in [0.25, 0.3) is 0 Å². The fourth-order valence-electron chi connectivity index (χ4n) is 1.75. The number of hydrogen-bond acceptors (Lipinski definition) is 5. The van der Waals surface area contributed by atoms with Crippen molar-refractivity contribution in [2.75, 3.05) is 5.32 Å². The van der Waals surface area contributed by atoms with Crippen molar-refractivity contribution in [2.45, 2.75) is 0 Å². The van der Waals surface area contributed by atoms with Gasteiger partial charge in [-0.2, -0.15) is 0 Å². The third-order valence-electron chi connectivity index (χ3n) is 2.65. The van der Waals surface area contributed by atoms with E-state index in [2.05, 4.69) is 10.3 Å². The predicted molar refractivity (Wildman–Crippen MR) is 73.9 cm³/mol. The molecule has 3 rings (SSSR count). The molecule has 0 saturated carbocycles. The first-order valence-electron chi connectivity index (χ1n) is 5.42. The van der Waals surface area contributed by atoms with Gasteiger partial charge in [-0.3, -0.25) is 9.59 Å². The molecule has 0 unspecified atom stereocenters. The number of Topliss-reactive ketones (excluding diaryl/α,β-unsaturated/α-hetero) is 1. The average molecular weight is 291 g/mol. The molecular formula is C13H7ClN2O2S. The molecule has 0 saturated heterocycles. The van der Waals surface area contributed by atoms with Crippen LogP contribution in [0.1, 0.15) is 20.2 Å². The van der Waals surface area contributed by atoms with Crippen molar-refractivity contribution in [2.24, 2.45) is 0 Å². The number of thiazole rings is 1. The van der Waals surface area contributed by atoms with Crippen LogP contribution in [-0.2, 0) is 0 Å². The second-order valence-corrected chi connectivity index (χ2v) is 5.20. The normalized spacial score (nSPS) is 14.1. The SMILES string of the molecule is O=C1C=C(Nc2ccc(Cl)cc2)C(=O)c2scnc21. The van der Waals surface area contributed by atoms with Crippen molar-refractivity contribution in [3.63, 3.8) is 0 Å². The van der Waals surface area contributed by atoms with Gasteiger partial charge in [0.2, 0.25) is 11.6 Å². The monoisotopic (exact) mass is 290 g/mol. The molecule has 0 amide bonds. The van der Waals surface area contributed by atoms with Crippen LogP contribution in [0.3, 0.4) is 0 Å². The Morgan fingerprint density at radius 2 is 1.89 bits per heavy atom. The topological polar surface area (TPSA) is 59.1 Å². The molecule has 94 valence electrons. The number of allylic oxidation sites excluding steroid dienone is 2. The molecule has 6 heteroatoms. The lowest BCUT2D eigenvalue weighted by atomic mass is 10.0. The Bertz CT molecular complexity index is 704. The summed E-state index contributed by atoms with van der Waals surface area (Å²) in [6, 6.07) is 6.89. The molecule has 0 atom stereocenters. The molecular weight excluding hydrogens is 284 g/mol. The minimum Gasteiger partial charge on any atom is -0.352 e. The highest BCUT2D eigenvalue weighted by molar-refractivity contribution is 7.12. The molecule has 0 aliphatic heterocycles. The number of fused-ring (bicyclic) bond motifs is 1. The van der Waals surface area contributed by atoms with Gasteiger partial charge in [-0.1, -0.05) is 11.6 Å². The number of benzene rings is 1. The zero-order valence-electron chi connectivity index (χ0n) is 9.51. The average Bonchev–Trinajstić information content (AvgIpc) is 2.88. The maximum Gasteiger partial charge on any atom is 0.221 e. The van der Waals surface area contributed by atoms with E-state index in [1.54, 1.807) is 24.3 Å². The van der Waals surface area contributed by atoms with E-state index in [1.165, 1.54) is 22.9 Å². The molecule has 1 aliphatic carbocycles. The van der Waals surface area contributed by atoms with E-state index in [1.807, 2.05) is 0 Å². The van der Waals surface area contributed by atoms with Gasteiger partial charge in [0.15, 0.2) is 0 Å². The highest BCUT2D eigenvalue weighted by atomic mass is 35.5. The highest BCUT2D eigenvalue weighted by Crippen LogP contribution is 2.25. The van der Waals surface area contributed by atoms with Crippen LogP contribution in [0.25, 0.3) is 0 Å². The molecule has 1 aromatic carbocycles. The molecule has 0 fully saturated rings. The summed E-state index contributed by atoms with van der Waals surface area (Å²) in [6.45, 7) is 0. The molecule has 1 aliphatic rings. The Hall–Kier alpha value is -1.98. The van der Waals surface area contributed by atoms with Crippen LogP contribution < -0.4 is 5.32 Å². The minimum absolute atomic E-state index is 0.216. The lowest BCUT2D eigenvalue weighted by molar-refractivity contribution is 0.0986. The summed E-state index contributed by atoms with van der Waals surface area (Å²) in [6.07, 6.45) is 1.28. The van der Waals surface area contributed by atoms with Crippen molar-refractivity contribution in [1.29, 1.82) is 0 Å². The van der Waals surface area contributed by atoms with Crippen LogP contribution in [0.2, 0.25) is 5.02 Å². The largest absolute Gasteiger partial charge is 0.352 e. The van der Waals surface area contributed by atoms with Gasteiger partial charge in [-0.15, -0.1) is 11.3 Å². The van der Waals surface area contributed by atoms with Crippen molar-refractivity contribution >= 4 is 40.2 Å². The number of rotatable bonds is 2. The second-order valence-electron chi connectivity index (χ2n) is 3.91. The van der Waals surface area contributed by atoms with Gasteiger partial charge in [0.05, 0.1) is 11.2 Å². The van der Waals surface area contributed by atoms with Crippen molar-refractivity contribution in [3.05, 3.63) is 57.1 Å². The Kier molecular flexibility index (Phi) is 2.93. The van der Waals surface area contributed by atoms with E-state index >= 15 is 0 Å². The summed E-state index contributed by atoms with van der Waals surface area (Å²) < 4.78 is 0. The lowest BCUT2D eigenvalue weighted by Crippen LogP contribution is -2.20. The third kappa shape index (κ3) is 2.18. The number of hydrogen-bond donors (Lipinski definition) is 1. The molecule has 0 radical (unpaired) electrons. The standard InChI is InChI=1S/C13H7ClN2O2S/c14-7-1-3-8(4-2-7)16-9-5-10(17)11-13(12(9)18)19-6-15-11/h1-6,16H. The Labute approximate surface area is 117 Å². The predicted octanol–water partition coefficient (Wildman–Crippen LogP) is 3.17. The van der Waals surface area contributed by atoms with E-state index in [-0.39, 0.29) is 23.0 Å². The Morgan fingerprint density at radius 3 is 2.63 bits per heavy atom. The van der Waals surface area contributed by atoms with Crippen molar-refractivity contribution in [3.8, 4) is 0 Å². The van der Waals surface area contributed by atoms with Crippen LogP contribution in [0, 0.1) is 0 Å². The maximum absolute atomic E-state index is 12.2. The molecule has 19 heavy (non-hydrogen) atoms. The fourth-order valence-corrected chi connectivity index (χ4v) is 2.62. The quantitative estimate of drug-likeness (QED) is 0.923. The van der Waals surface area contributed by atoms with Crippen molar-refractivity contribution < 1.29 is 9.59 Å². The summed E-state index contributed by atoms with van der Waals surface area (Å²) in [5.74, 6) is -0.473. The van der Waals surface area contributed by atoms with E-state index < -0.39 is 0 Å². The lowest BCUT2D eigenvalue weighted by Gasteiger charge is -2.13. The zero-order chi connectivity index (χ0) is 13.4. The first-order valence-corrected chi connectivity index (χ1v) is 6.68. The van der Waals surface area contributed by atoms with Crippen LogP contribution in [0.15, 0.2) is 41.5 Å². The van der Waals surface area contributed by atoms with Crippen LogP contribution in [-0.4, -0.2) is 16.6 Å². The van der Waals surface area contributed by atoms with Crippen LogP contribution in [0.5, 0.6) is 0 Å². The molecule has 1 aromatic heterocycles. The number of halogens is 1. The molecule has 0 spiro atoms. The highest BCUT2D eigenvalue weighted by Gasteiger charge is 2.28. The van der Waals surface area contributed by atoms with Crippen LogP contribution >= 0.6 is 22.9 Å². The van der Waals surface area contributed by atoms with Gasteiger partial charge in [-0.25, -0.2) is 4.98 Å². The zero-order valence-corrected chi connectivity index (χ0v) is 11.1. The maximum atomic E-state index is 12.2. The summed E-state index contributed by atoms with van der Waals surface area (Å²) in [5, 5.41) is 3.54. The second kappa shape index (κ2) is 4.60. The molecule has 0 bridgehead atoms. The summed E-state index contributed by atoms with van der Waals surface area (Å²) in [4.78, 5) is 28.2. The number of nitrogens with zero attached hydrogens (tertiary/aromatic N) is 1. The summed E-state index contributed by atoms with van der Waals surface area (Å²) in [7, 11) is 0. The fraction of sp³-hybridized carbons (Fsp3) is 0. The van der Waals surface area contributed by atoms with Gasteiger partial charge >= 0.3 is 0 Å². The van der Waals surface area contributed by atoms with Gasteiger partial charge < -0.3 is 5.32 Å². The van der Waals surface area contributed by atoms with E-state index in [0.29, 0.717) is 15.6 Å². The van der Waals surface area contributed by atoms with Gasteiger partial charge in [0, 0.05) is 16.8 Å². The number of anilines is 1. The van der Waals surface area contributed by atoms with Gasteiger partial charge in [-0.05, 0) is 24.3 Å². The summed E-state index contributed by atoms with van der Waals surface area (Å²) >= 11 is 6.96. The van der Waals surface area contributed by atoms with E-state index in [4.69, 9.17) is 11.6 Å². The van der Waals surface area contributed by atoms with Crippen LogP contribution in [0.4, 0.5) is 5.69 Å². The number of ketones is 2. The Morgan fingerprint density at radius 1 is 1.16 bits per heavy atom. The number of carbonyl (C=O) groups is 2. The Balaban J connectivity index is 1.92. The third-order valence-corrected chi connectivity index (χ3v) is 3.73.